The summed E-state index contributed by atoms with van der Waals surface area (Å²) in [5, 5.41) is 10.3. The second-order valence-corrected chi connectivity index (χ2v) is 2.20. The molecule has 11 heavy (non-hydrogen) atoms. The Balaban J connectivity index is 3.88. The molecule has 1 atom stereocenters. The van der Waals surface area contributed by atoms with Crippen LogP contribution in [0.1, 0.15) is 19.8 Å². The Labute approximate surface area is 65.2 Å². The highest BCUT2D eigenvalue weighted by Crippen LogP contribution is 2.07. The number of rotatable bonds is 4. The summed E-state index contributed by atoms with van der Waals surface area (Å²) in [4.78, 5) is 20.8. The molecular formula is C7H11O4-. The van der Waals surface area contributed by atoms with Gasteiger partial charge in [0.1, 0.15) is 0 Å². The lowest BCUT2D eigenvalue weighted by Crippen LogP contribution is -2.32. The third kappa shape index (κ3) is 3.60. The van der Waals surface area contributed by atoms with Gasteiger partial charge in [-0.15, -0.1) is 0 Å². The molecule has 0 aromatic rings. The number of carbonyl (C=O) groups is 2. The van der Waals surface area contributed by atoms with Crippen LogP contribution in [0.25, 0.3) is 0 Å². The van der Waals surface area contributed by atoms with Crippen molar-refractivity contribution >= 4 is 11.9 Å². The Kier molecular flexibility index (Phi) is 4.26. The molecule has 0 fully saturated rings. The van der Waals surface area contributed by atoms with Crippen LogP contribution >= 0.6 is 0 Å². The number of methoxy groups -OCH3 is 1. The number of carbonyl (C=O) groups excluding carboxylic acids is 2. The van der Waals surface area contributed by atoms with E-state index in [9.17, 15) is 14.7 Å². The molecule has 0 aromatic heterocycles. The van der Waals surface area contributed by atoms with Gasteiger partial charge in [0.15, 0.2) is 0 Å². The molecule has 0 aromatic carbocycles. The second kappa shape index (κ2) is 4.71. The first kappa shape index (κ1) is 9.94. The van der Waals surface area contributed by atoms with E-state index in [0.717, 1.165) is 0 Å². The Bertz CT molecular complexity index is 153. The highest BCUT2D eigenvalue weighted by atomic mass is 16.5. The summed E-state index contributed by atoms with van der Waals surface area (Å²) >= 11 is 0. The van der Waals surface area contributed by atoms with Crippen LogP contribution in [0.5, 0.6) is 0 Å². The van der Waals surface area contributed by atoms with Crippen molar-refractivity contribution in [2.45, 2.75) is 19.8 Å². The minimum Gasteiger partial charge on any atom is -0.550 e. The lowest BCUT2D eigenvalue weighted by atomic mass is 10.0. The van der Waals surface area contributed by atoms with Gasteiger partial charge in [-0.3, -0.25) is 4.79 Å². The van der Waals surface area contributed by atoms with Crippen LogP contribution in [0.3, 0.4) is 0 Å². The van der Waals surface area contributed by atoms with Crippen LogP contribution in [0, 0.1) is 5.92 Å². The highest BCUT2D eigenvalue weighted by molar-refractivity contribution is 5.77. The summed E-state index contributed by atoms with van der Waals surface area (Å²) in [6, 6.07) is 0. The quantitative estimate of drug-likeness (QED) is 0.510. The second-order valence-electron chi connectivity index (χ2n) is 2.20. The van der Waals surface area contributed by atoms with Gasteiger partial charge in [0.2, 0.25) is 0 Å². The van der Waals surface area contributed by atoms with E-state index in [1.54, 1.807) is 6.92 Å². The van der Waals surface area contributed by atoms with Gasteiger partial charge < -0.3 is 14.6 Å². The monoisotopic (exact) mass is 159 g/mol. The smallest absolute Gasteiger partial charge is 0.306 e. The van der Waals surface area contributed by atoms with E-state index < -0.39 is 17.9 Å². The maximum absolute atomic E-state index is 10.6. The Morgan fingerprint density at radius 2 is 2.09 bits per heavy atom. The summed E-state index contributed by atoms with van der Waals surface area (Å²) < 4.78 is 4.30. The summed E-state index contributed by atoms with van der Waals surface area (Å²) in [6.07, 6.45) is 0.284. The largest absolute Gasteiger partial charge is 0.550 e. The third-order valence-corrected chi connectivity index (χ3v) is 1.47. The molecule has 0 saturated heterocycles. The predicted octanol–water partition coefficient (Wildman–Crippen LogP) is -0.674. The van der Waals surface area contributed by atoms with Crippen molar-refractivity contribution in [3.8, 4) is 0 Å². The zero-order valence-corrected chi connectivity index (χ0v) is 6.62. The van der Waals surface area contributed by atoms with Gasteiger partial charge in [-0.2, -0.15) is 0 Å². The first-order valence-electron chi connectivity index (χ1n) is 3.39. The van der Waals surface area contributed by atoms with Crippen molar-refractivity contribution in [1.82, 2.24) is 0 Å². The normalized spacial score (nSPS) is 12.2. The van der Waals surface area contributed by atoms with Crippen molar-refractivity contribution in [3.63, 3.8) is 0 Å². The number of aliphatic carboxylic acids is 1. The Morgan fingerprint density at radius 3 is 2.36 bits per heavy atom. The molecule has 0 aliphatic heterocycles. The fourth-order valence-corrected chi connectivity index (χ4v) is 0.679. The molecule has 0 aliphatic carbocycles. The maximum Gasteiger partial charge on any atom is 0.306 e. The number of carboxylic acid groups (broad SMARTS) is 1. The summed E-state index contributed by atoms with van der Waals surface area (Å²) in [5.41, 5.74) is 0. The van der Waals surface area contributed by atoms with Crippen molar-refractivity contribution in [1.29, 1.82) is 0 Å². The van der Waals surface area contributed by atoms with Crippen LogP contribution in [0.2, 0.25) is 0 Å². The van der Waals surface area contributed by atoms with Crippen LogP contribution in [0.15, 0.2) is 0 Å². The van der Waals surface area contributed by atoms with Gasteiger partial charge in [-0.25, -0.2) is 0 Å². The molecule has 0 radical (unpaired) electrons. The van der Waals surface area contributed by atoms with Gasteiger partial charge in [-0.05, 0) is 6.42 Å². The molecule has 0 N–H and O–H groups in total. The van der Waals surface area contributed by atoms with Crippen LogP contribution < -0.4 is 5.11 Å². The minimum absolute atomic E-state index is 0.102. The lowest BCUT2D eigenvalue weighted by molar-refractivity contribution is -0.311. The van der Waals surface area contributed by atoms with E-state index in [2.05, 4.69) is 4.74 Å². The fraction of sp³-hybridized carbons (Fsp3) is 0.714. The van der Waals surface area contributed by atoms with Crippen molar-refractivity contribution in [2.75, 3.05) is 7.11 Å². The first-order chi connectivity index (χ1) is 5.11. The number of esters is 1. The molecule has 0 heterocycles. The molecular weight excluding hydrogens is 148 g/mol. The highest BCUT2D eigenvalue weighted by Gasteiger charge is 2.12. The predicted molar refractivity (Wildman–Crippen MR) is 35.4 cm³/mol. The SMILES string of the molecule is CCC(CC(=O)OC)C(=O)[O-]. The minimum atomic E-state index is -1.20. The van der Waals surface area contributed by atoms with E-state index in [1.165, 1.54) is 7.11 Å². The van der Waals surface area contributed by atoms with Crippen molar-refractivity contribution < 1.29 is 19.4 Å². The van der Waals surface area contributed by atoms with E-state index in [4.69, 9.17) is 0 Å². The summed E-state index contributed by atoms with van der Waals surface area (Å²) in [7, 11) is 1.23. The molecule has 64 valence electrons. The molecule has 0 amide bonds. The fourth-order valence-electron chi connectivity index (χ4n) is 0.679. The zero-order valence-electron chi connectivity index (χ0n) is 6.62. The van der Waals surface area contributed by atoms with E-state index in [0.29, 0.717) is 6.42 Å². The molecule has 0 aliphatic rings. The topological polar surface area (TPSA) is 66.4 Å². The molecule has 4 nitrogen and oxygen atoms in total. The molecule has 1 unspecified atom stereocenters. The van der Waals surface area contributed by atoms with Crippen LogP contribution in [-0.2, 0) is 14.3 Å². The van der Waals surface area contributed by atoms with Gasteiger partial charge in [-0.1, -0.05) is 6.92 Å². The molecule has 0 spiro atoms. The first-order valence-corrected chi connectivity index (χ1v) is 3.39. The van der Waals surface area contributed by atoms with Crippen molar-refractivity contribution in [2.24, 2.45) is 5.92 Å². The van der Waals surface area contributed by atoms with E-state index >= 15 is 0 Å². The Morgan fingerprint density at radius 1 is 1.55 bits per heavy atom. The summed E-state index contributed by atoms with van der Waals surface area (Å²) in [6.45, 7) is 1.68. The number of hydrogen-bond acceptors (Lipinski definition) is 4. The lowest BCUT2D eigenvalue weighted by Gasteiger charge is -2.13. The average molecular weight is 159 g/mol. The Hall–Kier alpha value is -1.06. The van der Waals surface area contributed by atoms with Gasteiger partial charge in [0.25, 0.3) is 0 Å². The molecule has 0 saturated carbocycles. The number of ether oxygens (including phenoxy) is 1. The van der Waals surface area contributed by atoms with Crippen molar-refractivity contribution in [3.05, 3.63) is 0 Å². The average Bonchev–Trinajstić information content (AvgIpc) is 1.99. The van der Waals surface area contributed by atoms with E-state index in [1.807, 2.05) is 0 Å². The molecule has 4 heteroatoms. The zero-order chi connectivity index (χ0) is 8.85. The number of hydrogen-bond donors (Lipinski definition) is 0. The van der Waals surface area contributed by atoms with Crippen LogP contribution in [-0.4, -0.2) is 19.0 Å². The maximum atomic E-state index is 10.6. The van der Waals surface area contributed by atoms with Gasteiger partial charge in [0, 0.05) is 11.9 Å². The standard InChI is InChI=1S/C7H12O4/c1-3-5(7(9)10)4-6(8)11-2/h5H,3-4H2,1-2H3,(H,9,10)/p-1. The van der Waals surface area contributed by atoms with E-state index in [-0.39, 0.29) is 6.42 Å². The van der Waals surface area contributed by atoms with Crippen LogP contribution in [0.4, 0.5) is 0 Å². The third-order valence-electron chi connectivity index (χ3n) is 1.47. The summed E-state index contributed by atoms with van der Waals surface area (Å²) in [5.74, 6) is -2.43. The molecule has 0 bridgehead atoms. The number of carboxylic acids is 1. The van der Waals surface area contributed by atoms with Gasteiger partial charge in [0.05, 0.1) is 13.5 Å². The van der Waals surface area contributed by atoms with Gasteiger partial charge >= 0.3 is 5.97 Å². The molecule has 0 rings (SSSR count).